The van der Waals surface area contributed by atoms with Crippen molar-refractivity contribution < 1.29 is 14.3 Å². The third-order valence-corrected chi connectivity index (χ3v) is 2.36. The highest BCUT2D eigenvalue weighted by Gasteiger charge is 2.19. The number of hydrogen-bond donors (Lipinski definition) is 0. The van der Waals surface area contributed by atoms with Gasteiger partial charge in [-0.1, -0.05) is 5.57 Å². The molecule has 0 radical (unpaired) electrons. The summed E-state index contributed by atoms with van der Waals surface area (Å²) in [5, 5.41) is 2.35. The van der Waals surface area contributed by atoms with E-state index < -0.39 is 6.03 Å². The summed E-state index contributed by atoms with van der Waals surface area (Å²) in [5.74, 6) is -0.356. The van der Waals surface area contributed by atoms with Crippen LogP contribution in [0.3, 0.4) is 0 Å². The average Bonchev–Trinajstić information content (AvgIpc) is 2.29. The van der Waals surface area contributed by atoms with Gasteiger partial charge in [-0.2, -0.15) is 0 Å². The van der Waals surface area contributed by atoms with Crippen molar-refractivity contribution >= 4 is 12.0 Å². The molecule has 6 nitrogen and oxygen atoms in total. The number of amides is 2. The number of nitroso groups, excluding NO2 is 1. The van der Waals surface area contributed by atoms with Crippen LogP contribution < -0.4 is 0 Å². The lowest BCUT2D eigenvalue weighted by atomic mass is 10.0. The standard InChI is InChI=1S/C10H14N2O4/c1-2-16-9(13)7-8-3-5-12(6-4-8)10(14)11-15/h7H,2-6H2,1H3. The van der Waals surface area contributed by atoms with Gasteiger partial charge in [0.2, 0.25) is 0 Å². The van der Waals surface area contributed by atoms with E-state index in [4.69, 9.17) is 4.74 Å². The van der Waals surface area contributed by atoms with Gasteiger partial charge in [-0.15, -0.1) is 4.91 Å². The van der Waals surface area contributed by atoms with E-state index in [1.807, 2.05) is 0 Å². The van der Waals surface area contributed by atoms with E-state index >= 15 is 0 Å². The molecule has 6 heteroatoms. The fourth-order valence-electron chi connectivity index (χ4n) is 1.54. The van der Waals surface area contributed by atoms with E-state index in [9.17, 15) is 14.5 Å². The van der Waals surface area contributed by atoms with E-state index in [0.29, 0.717) is 32.5 Å². The van der Waals surface area contributed by atoms with Crippen LogP contribution in [0.5, 0.6) is 0 Å². The second-order valence-electron chi connectivity index (χ2n) is 3.42. The van der Waals surface area contributed by atoms with Crippen molar-refractivity contribution in [1.29, 1.82) is 0 Å². The molecule has 1 aliphatic heterocycles. The maximum atomic E-state index is 11.1. The predicted octanol–water partition coefficient (Wildman–Crippen LogP) is 1.46. The summed E-state index contributed by atoms with van der Waals surface area (Å²) in [7, 11) is 0. The summed E-state index contributed by atoms with van der Waals surface area (Å²) in [6.45, 7) is 2.95. The zero-order chi connectivity index (χ0) is 12.0. The van der Waals surface area contributed by atoms with Crippen molar-refractivity contribution in [3.05, 3.63) is 16.6 Å². The van der Waals surface area contributed by atoms with Crippen molar-refractivity contribution in [3.63, 3.8) is 0 Å². The fraction of sp³-hybridized carbons (Fsp3) is 0.600. The largest absolute Gasteiger partial charge is 0.463 e. The van der Waals surface area contributed by atoms with E-state index in [1.165, 1.54) is 11.0 Å². The Morgan fingerprint density at radius 1 is 1.44 bits per heavy atom. The number of rotatable bonds is 2. The summed E-state index contributed by atoms with van der Waals surface area (Å²) < 4.78 is 4.78. The first kappa shape index (κ1) is 12.4. The summed E-state index contributed by atoms with van der Waals surface area (Å²) in [4.78, 5) is 33.5. The highest BCUT2D eigenvalue weighted by atomic mass is 16.5. The smallest absolute Gasteiger partial charge is 0.381 e. The molecular formula is C10H14N2O4. The molecule has 1 saturated heterocycles. The number of ether oxygens (including phenoxy) is 1. The first-order valence-electron chi connectivity index (χ1n) is 5.15. The Hall–Kier alpha value is -1.72. The van der Waals surface area contributed by atoms with Crippen LogP contribution in [0, 0.1) is 4.91 Å². The first-order valence-corrected chi connectivity index (χ1v) is 5.15. The SMILES string of the molecule is CCOC(=O)C=C1CCN(C(=O)N=O)CC1. The van der Waals surface area contributed by atoms with Gasteiger partial charge in [0.15, 0.2) is 0 Å². The highest BCUT2D eigenvalue weighted by Crippen LogP contribution is 2.16. The van der Waals surface area contributed by atoms with Gasteiger partial charge >= 0.3 is 12.0 Å². The van der Waals surface area contributed by atoms with E-state index in [-0.39, 0.29) is 5.97 Å². The van der Waals surface area contributed by atoms with Gasteiger partial charge in [-0.25, -0.2) is 9.59 Å². The minimum absolute atomic E-state index is 0.349. The number of carbonyl (C=O) groups excluding carboxylic acids is 2. The Morgan fingerprint density at radius 2 is 2.06 bits per heavy atom. The van der Waals surface area contributed by atoms with Crippen LogP contribution in [0.15, 0.2) is 16.8 Å². The van der Waals surface area contributed by atoms with Crippen LogP contribution in [-0.2, 0) is 9.53 Å². The molecule has 0 aromatic heterocycles. The van der Waals surface area contributed by atoms with Gasteiger partial charge in [0.25, 0.3) is 0 Å². The summed E-state index contributed by atoms with van der Waals surface area (Å²) in [6.07, 6.45) is 2.62. The van der Waals surface area contributed by atoms with Crippen LogP contribution in [0.25, 0.3) is 0 Å². The maximum Gasteiger partial charge on any atom is 0.381 e. The van der Waals surface area contributed by atoms with Gasteiger partial charge in [0, 0.05) is 24.3 Å². The predicted molar refractivity (Wildman–Crippen MR) is 56.7 cm³/mol. The molecule has 1 aliphatic rings. The molecule has 0 spiro atoms. The second-order valence-corrected chi connectivity index (χ2v) is 3.42. The van der Waals surface area contributed by atoms with E-state index in [2.05, 4.69) is 5.18 Å². The Morgan fingerprint density at radius 3 is 2.56 bits per heavy atom. The van der Waals surface area contributed by atoms with E-state index in [0.717, 1.165) is 5.57 Å². The first-order chi connectivity index (χ1) is 7.67. The molecule has 16 heavy (non-hydrogen) atoms. The van der Waals surface area contributed by atoms with Crippen LogP contribution in [-0.4, -0.2) is 36.6 Å². The molecule has 1 fully saturated rings. The number of piperidine rings is 1. The molecule has 0 saturated carbocycles. The highest BCUT2D eigenvalue weighted by molar-refractivity contribution is 5.83. The zero-order valence-electron chi connectivity index (χ0n) is 9.14. The van der Waals surface area contributed by atoms with Gasteiger partial charge in [-0.05, 0) is 19.8 Å². The molecule has 2 amide bonds. The van der Waals surface area contributed by atoms with Crippen molar-refractivity contribution in [2.24, 2.45) is 5.18 Å². The van der Waals surface area contributed by atoms with E-state index in [1.54, 1.807) is 6.92 Å². The Bertz CT molecular complexity index is 315. The lowest BCUT2D eigenvalue weighted by molar-refractivity contribution is -0.137. The molecule has 1 heterocycles. The van der Waals surface area contributed by atoms with Gasteiger partial charge in [-0.3, -0.25) is 0 Å². The molecule has 0 unspecified atom stereocenters. The maximum absolute atomic E-state index is 11.1. The average molecular weight is 226 g/mol. The monoisotopic (exact) mass is 226 g/mol. The molecule has 0 N–H and O–H groups in total. The minimum Gasteiger partial charge on any atom is -0.463 e. The Balaban J connectivity index is 2.45. The molecule has 0 aromatic rings. The van der Waals surface area contributed by atoms with Gasteiger partial charge < -0.3 is 9.64 Å². The number of urea groups is 1. The summed E-state index contributed by atoms with van der Waals surface area (Å²) >= 11 is 0. The third-order valence-electron chi connectivity index (χ3n) is 2.36. The molecule has 0 aromatic carbocycles. The lowest BCUT2D eigenvalue weighted by Crippen LogP contribution is -2.34. The van der Waals surface area contributed by atoms with Crippen LogP contribution in [0.2, 0.25) is 0 Å². The number of carbonyl (C=O) groups is 2. The number of nitrogens with zero attached hydrogens (tertiary/aromatic N) is 2. The summed E-state index contributed by atoms with van der Waals surface area (Å²) in [5.41, 5.74) is 0.938. The fourth-order valence-corrected chi connectivity index (χ4v) is 1.54. The number of hydrogen-bond acceptors (Lipinski definition) is 4. The lowest BCUT2D eigenvalue weighted by Gasteiger charge is -2.25. The van der Waals surface area contributed by atoms with Gasteiger partial charge in [0.1, 0.15) is 0 Å². The van der Waals surface area contributed by atoms with Crippen LogP contribution in [0.1, 0.15) is 19.8 Å². The molecule has 1 rings (SSSR count). The number of likely N-dealkylation sites (tertiary alicyclic amines) is 1. The number of esters is 1. The van der Waals surface area contributed by atoms with Crippen molar-refractivity contribution in [1.82, 2.24) is 4.90 Å². The molecule has 0 bridgehead atoms. The quantitative estimate of drug-likeness (QED) is 0.405. The van der Waals surface area contributed by atoms with Crippen molar-refractivity contribution in [2.75, 3.05) is 19.7 Å². The topological polar surface area (TPSA) is 76.0 Å². The van der Waals surface area contributed by atoms with Crippen LogP contribution in [0.4, 0.5) is 4.79 Å². The van der Waals surface area contributed by atoms with Crippen molar-refractivity contribution in [2.45, 2.75) is 19.8 Å². The second kappa shape index (κ2) is 5.99. The zero-order valence-corrected chi connectivity index (χ0v) is 9.14. The van der Waals surface area contributed by atoms with Crippen LogP contribution >= 0.6 is 0 Å². The molecular weight excluding hydrogens is 212 g/mol. The minimum atomic E-state index is -0.741. The Labute approximate surface area is 93.2 Å². The Kier molecular flexibility index (Phi) is 4.63. The third kappa shape index (κ3) is 3.45. The summed E-state index contributed by atoms with van der Waals surface area (Å²) in [6, 6.07) is -0.741. The van der Waals surface area contributed by atoms with Gasteiger partial charge in [0.05, 0.1) is 6.61 Å². The molecule has 0 aliphatic carbocycles. The molecule has 88 valence electrons. The molecule has 0 atom stereocenters. The van der Waals surface area contributed by atoms with Crippen molar-refractivity contribution in [3.8, 4) is 0 Å². The normalized spacial score (nSPS) is 15.6.